The van der Waals surface area contributed by atoms with Crippen molar-refractivity contribution < 1.29 is 9.18 Å². The molecule has 0 saturated carbocycles. The summed E-state index contributed by atoms with van der Waals surface area (Å²) in [4.78, 5) is 11.3. The predicted molar refractivity (Wildman–Crippen MR) is 66.9 cm³/mol. The summed E-state index contributed by atoms with van der Waals surface area (Å²) in [6.07, 6.45) is 0. The van der Waals surface area contributed by atoms with Crippen molar-refractivity contribution in [1.29, 1.82) is 0 Å². The van der Waals surface area contributed by atoms with Gasteiger partial charge in [0.25, 0.3) is 0 Å². The van der Waals surface area contributed by atoms with Gasteiger partial charge in [-0.3, -0.25) is 4.79 Å². The van der Waals surface area contributed by atoms with E-state index >= 15 is 0 Å². The molecule has 0 fully saturated rings. The fourth-order valence-electron chi connectivity index (χ4n) is 1.59. The van der Waals surface area contributed by atoms with Gasteiger partial charge in [-0.25, -0.2) is 4.39 Å². The van der Waals surface area contributed by atoms with Crippen LogP contribution >= 0.6 is 11.6 Å². The summed E-state index contributed by atoms with van der Waals surface area (Å²) in [7, 11) is 0. The Balaban J connectivity index is 2.54. The molecule has 2 aromatic rings. The van der Waals surface area contributed by atoms with Gasteiger partial charge >= 0.3 is 0 Å². The number of benzene rings is 2. The van der Waals surface area contributed by atoms with Crippen LogP contribution in [0.2, 0.25) is 5.02 Å². The number of hydrogen-bond acceptors (Lipinski definition) is 1. The molecular weight excluding hydrogens is 239 g/mol. The molecule has 0 saturated heterocycles. The lowest BCUT2D eigenvalue weighted by atomic mass is 10.0. The summed E-state index contributed by atoms with van der Waals surface area (Å²) in [5, 5.41) is 0.543. The molecule has 0 radical (unpaired) electrons. The fraction of sp³-hybridized carbons (Fsp3) is 0.0714. The molecule has 0 aliphatic carbocycles. The Morgan fingerprint density at radius 1 is 1.12 bits per heavy atom. The van der Waals surface area contributed by atoms with Gasteiger partial charge in [0, 0.05) is 16.1 Å². The van der Waals surface area contributed by atoms with Gasteiger partial charge < -0.3 is 0 Å². The second kappa shape index (κ2) is 4.68. The molecule has 86 valence electrons. The second-order valence-corrected chi connectivity index (χ2v) is 4.16. The quantitative estimate of drug-likeness (QED) is 0.722. The number of ketones is 1. The van der Waals surface area contributed by atoms with E-state index < -0.39 is 0 Å². The van der Waals surface area contributed by atoms with Crippen LogP contribution in [0.4, 0.5) is 4.39 Å². The van der Waals surface area contributed by atoms with Crippen molar-refractivity contribution in [3.05, 3.63) is 58.9 Å². The third-order valence-electron chi connectivity index (χ3n) is 2.53. The topological polar surface area (TPSA) is 17.1 Å². The molecule has 2 rings (SSSR count). The van der Waals surface area contributed by atoms with Crippen LogP contribution in [0.3, 0.4) is 0 Å². The minimum atomic E-state index is -0.299. The Morgan fingerprint density at radius 3 is 2.35 bits per heavy atom. The Bertz CT molecular complexity index is 561. The molecule has 0 N–H and O–H groups in total. The second-order valence-electron chi connectivity index (χ2n) is 3.76. The van der Waals surface area contributed by atoms with E-state index in [9.17, 15) is 9.18 Å². The summed E-state index contributed by atoms with van der Waals surface area (Å²) >= 11 is 6.07. The van der Waals surface area contributed by atoms with Gasteiger partial charge in [0.15, 0.2) is 5.78 Å². The lowest BCUT2D eigenvalue weighted by molar-refractivity contribution is 0.101. The zero-order valence-electron chi connectivity index (χ0n) is 9.21. The van der Waals surface area contributed by atoms with Gasteiger partial charge in [-0.1, -0.05) is 23.7 Å². The molecule has 0 heterocycles. The maximum Gasteiger partial charge on any atom is 0.159 e. The Morgan fingerprint density at radius 2 is 1.76 bits per heavy atom. The Hall–Kier alpha value is -1.67. The minimum Gasteiger partial charge on any atom is -0.295 e. The van der Waals surface area contributed by atoms with E-state index in [4.69, 9.17) is 11.6 Å². The standard InChI is InChI=1S/C14H10ClFO/c1-9(17)11-4-7-14(15)13(8-11)10-2-5-12(16)6-3-10/h2-8H,1H3. The van der Waals surface area contributed by atoms with E-state index in [2.05, 4.69) is 0 Å². The number of carbonyl (C=O) groups excluding carboxylic acids is 1. The molecule has 0 aliphatic rings. The van der Waals surface area contributed by atoms with Crippen LogP contribution in [0.5, 0.6) is 0 Å². The highest BCUT2D eigenvalue weighted by Gasteiger charge is 2.07. The average molecular weight is 249 g/mol. The summed E-state index contributed by atoms with van der Waals surface area (Å²) in [6, 6.07) is 11.1. The third-order valence-corrected chi connectivity index (χ3v) is 2.86. The van der Waals surface area contributed by atoms with Crippen molar-refractivity contribution in [2.75, 3.05) is 0 Å². The molecule has 0 amide bonds. The van der Waals surface area contributed by atoms with E-state index in [1.165, 1.54) is 19.1 Å². The van der Waals surface area contributed by atoms with Gasteiger partial charge in [-0.2, -0.15) is 0 Å². The van der Waals surface area contributed by atoms with Crippen LogP contribution in [-0.2, 0) is 0 Å². The summed E-state index contributed by atoms with van der Waals surface area (Å²) < 4.78 is 12.8. The fourth-order valence-corrected chi connectivity index (χ4v) is 1.82. The summed E-state index contributed by atoms with van der Waals surface area (Å²) in [5.74, 6) is -0.322. The van der Waals surface area contributed by atoms with Crippen molar-refractivity contribution in [3.8, 4) is 11.1 Å². The van der Waals surface area contributed by atoms with E-state index in [-0.39, 0.29) is 11.6 Å². The molecule has 0 bridgehead atoms. The number of rotatable bonds is 2. The highest BCUT2D eigenvalue weighted by Crippen LogP contribution is 2.29. The van der Waals surface area contributed by atoms with Crippen molar-refractivity contribution in [3.63, 3.8) is 0 Å². The van der Waals surface area contributed by atoms with Gasteiger partial charge in [-0.05, 0) is 42.8 Å². The molecule has 0 spiro atoms. The maximum absolute atomic E-state index is 12.8. The SMILES string of the molecule is CC(=O)c1ccc(Cl)c(-c2ccc(F)cc2)c1. The highest BCUT2D eigenvalue weighted by atomic mass is 35.5. The number of carbonyl (C=O) groups is 1. The van der Waals surface area contributed by atoms with Crippen molar-refractivity contribution in [2.45, 2.75) is 6.92 Å². The van der Waals surface area contributed by atoms with Crippen LogP contribution in [0.25, 0.3) is 11.1 Å². The van der Waals surface area contributed by atoms with Gasteiger partial charge in [-0.15, -0.1) is 0 Å². The molecule has 1 nitrogen and oxygen atoms in total. The minimum absolute atomic E-state index is 0.0231. The van der Waals surface area contributed by atoms with Crippen molar-refractivity contribution in [2.24, 2.45) is 0 Å². The van der Waals surface area contributed by atoms with Gasteiger partial charge in [0.05, 0.1) is 0 Å². The van der Waals surface area contributed by atoms with E-state index in [0.717, 1.165) is 11.1 Å². The maximum atomic E-state index is 12.8. The molecule has 0 aliphatic heterocycles. The zero-order valence-corrected chi connectivity index (χ0v) is 9.96. The number of halogens is 2. The van der Waals surface area contributed by atoms with Crippen LogP contribution < -0.4 is 0 Å². The highest BCUT2D eigenvalue weighted by molar-refractivity contribution is 6.33. The monoisotopic (exact) mass is 248 g/mol. The van der Waals surface area contributed by atoms with E-state index in [1.54, 1.807) is 30.3 Å². The Labute approximate surface area is 104 Å². The largest absolute Gasteiger partial charge is 0.295 e. The smallest absolute Gasteiger partial charge is 0.159 e. The van der Waals surface area contributed by atoms with Crippen LogP contribution in [0, 0.1) is 5.82 Å². The number of hydrogen-bond donors (Lipinski definition) is 0. The molecule has 0 atom stereocenters. The molecule has 17 heavy (non-hydrogen) atoms. The van der Waals surface area contributed by atoms with E-state index in [0.29, 0.717) is 10.6 Å². The van der Waals surface area contributed by atoms with Crippen LogP contribution in [0.15, 0.2) is 42.5 Å². The molecule has 3 heteroatoms. The third kappa shape index (κ3) is 2.53. The average Bonchev–Trinajstić information content (AvgIpc) is 2.31. The summed E-state index contributed by atoms with van der Waals surface area (Å²) in [6.45, 7) is 1.50. The Kier molecular flexibility index (Phi) is 3.25. The normalized spacial score (nSPS) is 10.3. The lowest BCUT2D eigenvalue weighted by Gasteiger charge is -2.06. The lowest BCUT2D eigenvalue weighted by Crippen LogP contribution is -1.92. The predicted octanol–water partition coefficient (Wildman–Crippen LogP) is 4.35. The zero-order chi connectivity index (χ0) is 12.4. The van der Waals surface area contributed by atoms with Crippen molar-refractivity contribution >= 4 is 17.4 Å². The van der Waals surface area contributed by atoms with Crippen LogP contribution in [-0.4, -0.2) is 5.78 Å². The first-order valence-corrected chi connectivity index (χ1v) is 5.52. The first-order chi connectivity index (χ1) is 8.08. The molecule has 0 aromatic heterocycles. The first kappa shape index (κ1) is 11.8. The van der Waals surface area contributed by atoms with Crippen LogP contribution in [0.1, 0.15) is 17.3 Å². The summed E-state index contributed by atoms with van der Waals surface area (Å²) in [5.41, 5.74) is 2.12. The van der Waals surface area contributed by atoms with Crippen molar-refractivity contribution in [1.82, 2.24) is 0 Å². The van der Waals surface area contributed by atoms with Gasteiger partial charge in [0.2, 0.25) is 0 Å². The van der Waals surface area contributed by atoms with E-state index in [1.807, 2.05) is 0 Å². The first-order valence-electron chi connectivity index (χ1n) is 5.14. The van der Waals surface area contributed by atoms with Gasteiger partial charge in [0.1, 0.15) is 5.82 Å². The molecule has 0 unspecified atom stereocenters. The number of Topliss-reactive ketones (excluding diaryl/α,β-unsaturated/α-hetero) is 1. The molecular formula is C14H10ClFO. The molecule has 2 aromatic carbocycles.